The third-order valence-corrected chi connectivity index (χ3v) is 3.96. The number of aromatic nitrogens is 3. The van der Waals surface area contributed by atoms with Crippen molar-refractivity contribution in [3.05, 3.63) is 12.4 Å². The van der Waals surface area contributed by atoms with Crippen LogP contribution in [0.2, 0.25) is 0 Å². The lowest BCUT2D eigenvalue weighted by Gasteiger charge is -2.42. The highest BCUT2D eigenvalue weighted by Crippen LogP contribution is 2.25. The minimum atomic E-state index is 0.195. The fraction of sp³-hybridized carbons (Fsp3) is 0.750. The predicted molar refractivity (Wildman–Crippen MR) is 65.9 cm³/mol. The van der Waals surface area contributed by atoms with E-state index in [4.69, 9.17) is 0 Å². The summed E-state index contributed by atoms with van der Waals surface area (Å²) >= 11 is 0. The average Bonchev–Trinajstić information content (AvgIpc) is 2.80. The van der Waals surface area contributed by atoms with Gasteiger partial charge in [0, 0.05) is 25.8 Å². The summed E-state index contributed by atoms with van der Waals surface area (Å²) in [6, 6.07) is 0.317. The summed E-state index contributed by atoms with van der Waals surface area (Å²) < 4.78 is 1.84. The lowest BCUT2D eigenvalue weighted by Crippen LogP contribution is -2.54. The topological polar surface area (TPSA) is 54.3 Å². The highest BCUT2D eigenvalue weighted by Gasteiger charge is 2.36. The molecule has 0 N–H and O–H groups in total. The van der Waals surface area contributed by atoms with E-state index in [0.717, 1.165) is 39.0 Å². The lowest BCUT2D eigenvalue weighted by atomic mass is 9.95. The van der Waals surface area contributed by atoms with Crippen LogP contribution in [-0.2, 0) is 4.79 Å². The number of rotatable bonds is 2. The van der Waals surface area contributed by atoms with Crippen LogP contribution in [0.1, 0.15) is 18.9 Å². The van der Waals surface area contributed by atoms with Gasteiger partial charge in [-0.25, -0.2) is 4.68 Å². The van der Waals surface area contributed by atoms with Crippen LogP contribution in [0.5, 0.6) is 0 Å². The van der Waals surface area contributed by atoms with Crippen molar-refractivity contribution in [2.45, 2.75) is 18.9 Å². The third-order valence-electron chi connectivity index (χ3n) is 3.96. The molecule has 6 nitrogen and oxygen atoms in total. The fourth-order valence-electron chi connectivity index (χ4n) is 2.84. The van der Waals surface area contributed by atoms with Crippen molar-refractivity contribution < 1.29 is 4.79 Å². The van der Waals surface area contributed by atoms with E-state index in [1.807, 2.05) is 15.8 Å². The molecular weight excluding hydrogens is 230 g/mol. The molecule has 98 valence electrons. The quantitative estimate of drug-likeness (QED) is 0.740. The molecule has 0 saturated carbocycles. The maximum absolute atomic E-state index is 12.3. The third kappa shape index (κ3) is 2.12. The van der Waals surface area contributed by atoms with Crippen LogP contribution >= 0.6 is 0 Å². The minimum absolute atomic E-state index is 0.195. The van der Waals surface area contributed by atoms with Gasteiger partial charge in [-0.3, -0.25) is 4.79 Å². The highest BCUT2D eigenvalue weighted by molar-refractivity contribution is 5.80. The van der Waals surface area contributed by atoms with E-state index in [9.17, 15) is 4.79 Å². The number of hydrogen-bond donors (Lipinski definition) is 0. The Labute approximate surface area is 107 Å². The van der Waals surface area contributed by atoms with Gasteiger partial charge in [0.25, 0.3) is 0 Å². The second-order valence-corrected chi connectivity index (χ2v) is 5.38. The molecule has 3 rings (SSSR count). The van der Waals surface area contributed by atoms with Crippen molar-refractivity contribution >= 4 is 5.91 Å². The Balaban J connectivity index is 1.53. The van der Waals surface area contributed by atoms with Crippen molar-refractivity contribution in [3.8, 4) is 0 Å². The Morgan fingerprint density at radius 3 is 2.83 bits per heavy atom. The van der Waals surface area contributed by atoms with E-state index in [1.165, 1.54) is 0 Å². The predicted octanol–water partition coefficient (Wildman–Crippen LogP) is 0.00320. The standard InChI is InChI=1S/C12H19N5O/c1-15-5-2-3-10(7-15)12(18)16-8-11(9-16)17-6-4-13-14-17/h4,6,10-11H,2-3,5,7-9H2,1H3. The normalized spacial score (nSPS) is 26.1. The first-order chi connectivity index (χ1) is 8.74. The zero-order valence-electron chi connectivity index (χ0n) is 10.7. The molecule has 1 aromatic rings. The Hall–Kier alpha value is -1.43. The van der Waals surface area contributed by atoms with E-state index in [2.05, 4.69) is 22.3 Å². The van der Waals surface area contributed by atoms with Gasteiger partial charge in [-0.2, -0.15) is 0 Å². The Kier molecular flexibility index (Phi) is 3.03. The number of piperidine rings is 1. The van der Waals surface area contributed by atoms with Crippen LogP contribution in [-0.4, -0.2) is 63.9 Å². The van der Waals surface area contributed by atoms with Gasteiger partial charge in [0.2, 0.25) is 5.91 Å². The van der Waals surface area contributed by atoms with Crippen molar-refractivity contribution in [3.63, 3.8) is 0 Å². The molecule has 3 heterocycles. The first kappa shape index (κ1) is 11.6. The summed E-state index contributed by atoms with van der Waals surface area (Å²) in [4.78, 5) is 16.5. The molecule has 2 aliphatic heterocycles. The Bertz CT molecular complexity index is 412. The summed E-state index contributed by atoms with van der Waals surface area (Å²) in [5.41, 5.74) is 0. The van der Waals surface area contributed by atoms with Crippen LogP contribution in [0.25, 0.3) is 0 Å². The van der Waals surface area contributed by atoms with Gasteiger partial charge < -0.3 is 9.80 Å². The van der Waals surface area contributed by atoms with Crippen LogP contribution in [0.3, 0.4) is 0 Å². The fourth-order valence-corrected chi connectivity index (χ4v) is 2.84. The monoisotopic (exact) mass is 249 g/mol. The highest BCUT2D eigenvalue weighted by atomic mass is 16.2. The van der Waals surface area contributed by atoms with Gasteiger partial charge in [-0.15, -0.1) is 5.10 Å². The molecule has 0 spiro atoms. The molecule has 2 saturated heterocycles. The molecule has 1 unspecified atom stereocenters. The number of nitrogens with zero attached hydrogens (tertiary/aromatic N) is 5. The Morgan fingerprint density at radius 2 is 2.17 bits per heavy atom. The molecule has 0 radical (unpaired) electrons. The molecule has 1 aromatic heterocycles. The SMILES string of the molecule is CN1CCCC(C(=O)N2CC(n3ccnn3)C2)C1. The molecule has 0 aromatic carbocycles. The maximum Gasteiger partial charge on any atom is 0.227 e. The zero-order chi connectivity index (χ0) is 12.5. The molecule has 1 atom stereocenters. The number of carbonyl (C=O) groups is 1. The molecule has 0 bridgehead atoms. The van der Waals surface area contributed by atoms with E-state index >= 15 is 0 Å². The average molecular weight is 249 g/mol. The number of carbonyl (C=O) groups excluding carboxylic acids is 1. The summed E-state index contributed by atoms with van der Waals surface area (Å²) in [7, 11) is 2.09. The zero-order valence-corrected chi connectivity index (χ0v) is 10.7. The van der Waals surface area contributed by atoms with E-state index in [0.29, 0.717) is 11.9 Å². The second kappa shape index (κ2) is 4.68. The summed E-state index contributed by atoms with van der Waals surface area (Å²) in [6.45, 7) is 3.58. The summed E-state index contributed by atoms with van der Waals surface area (Å²) in [6.07, 6.45) is 5.71. The van der Waals surface area contributed by atoms with Gasteiger partial charge in [0.1, 0.15) is 0 Å². The van der Waals surface area contributed by atoms with E-state index in [-0.39, 0.29) is 5.92 Å². The molecule has 6 heteroatoms. The van der Waals surface area contributed by atoms with E-state index in [1.54, 1.807) is 6.20 Å². The molecule has 0 aliphatic carbocycles. The van der Waals surface area contributed by atoms with Crippen LogP contribution in [0.4, 0.5) is 0 Å². The first-order valence-corrected chi connectivity index (χ1v) is 6.57. The van der Waals surface area contributed by atoms with Crippen LogP contribution < -0.4 is 0 Å². The van der Waals surface area contributed by atoms with Crippen molar-refractivity contribution in [1.29, 1.82) is 0 Å². The van der Waals surface area contributed by atoms with Crippen molar-refractivity contribution in [2.75, 3.05) is 33.2 Å². The van der Waals surface area contributed by atoms with Crippen molar-refractivity contribution in [2.24, 2.45) is 5.92 Å². The minimum Gasteiger partial charge on any atom is -0.338 e. The van der Waals surface area contributed by atoms with Gasteiger partial charge in [0.05, 0.1) is 18.2 Å². The van der Waals surface area contributed by atoms with Gasteiger partial charge in [0.15, 0.2) is 0 Å². The molecular formula is C12H19N5O. The number of hydrogen-bond acceptors (Lipinski definition) is 4. The van der Waals surface area contributed by atoms with Crippen LogP contribution in [0.15, 0.2) is 12.4 Å². The molecule has 1 amide bonds. The molecule has 2 aliphatic rings. The maximum atomic E-state index is 12.3. The number of amides is 1. The molecule has 18 heavy (non-hydrogen) atoms. The second-order valence-electron chi connectivity index (χ2n) is 5.38. The number of likely N-dealkylation sites (tertiary alicyclic amines) is 2. The van der Waals surface area contributed by atoms with Crippen LogP contribution in [0, 0.1) is 5.92 Å². The Morgan fingerprint density at radius 1 is 1.33 bits per heavy atom. The van der Waals surface area contributed by atoms with Crippen molar-refractivity contribution in [1.82, 2.24) is 24.8 Å². The van der Waals surface area contributed by atoms with Gasteiger partial charge >= 0.3 is 0 Å². The largest absolute Gasteiger partial charge is 0.338 e. The van der Waals surface area contributed by atoms with Gasteiger partial charge in [-0.1, -0.05) is 5.21 Å². The summed E-state index contributed by atoms with van der Waals surface area (Å²) in [5, 5.41) is 7.77. The lowest BCUT2D eigenvalue weighted by molar-refractivity contribution is -0.143. The van der Waals surface area contributed by atoms with E-state index < -0.39 is 0 Å². The van der Waals surface area contributed by atoms with Gasteiger partial charge in [-0.05, 0) is 26.4 Å². The first-order valence-electron chi connectivity index (χ1n) is 6.57. The molecule has 2 fully saturated rings. The summed E-state index contributed by atoms with van der Waals surface area (Å²) in [5.74, 6) is 0.512. The smallest absolute Gasteiger partial charge is 0.227 e.